The van der Waals surface area contributed by atoms with Crippen LogP contribution in [0.4, 0.5) is 0 Å². The first-order valence-corrected chi connectivity index (χ1v) is 9.90. The zero-order valence-electron chi connectivity index (χ0n) is 15.7. The molecule has 0 atom stereocenters. The van der Waals surface area contributed by atoms with E-state index in [1.54, 1.807) is 13.2 Å². The summed E-state index contributed by atoms with van der Waals surface area (Å²) < 4.78 is 15.6. The molecule has 1 aliphatic rings. The van der Waals surface area contributed by atoms with Crippen LogP contribution in [0.3, 0.4) is 0 Å². The van der Waals surface area contributed by atoms with Crippen LogP contribution in [0.1, 0.15) is 18.1 Å². The molecule has 0 unspecified atom stereocenters. The number of hydrogen-bond donors (Lipinski definition) is 0. The SMILES string of the molecule is CCOC(=O)/C=C1\SCC(=O)N1CCOC(=O)Cc1coc2cc(C)ccc12. The number of carbonyl (C=O) groups is 3. The number of thioether (sulfide) groups is 1. The van der Waals surface area contributed by atoms with Gasteiger partial charge in [0.05, 0.1) is 42.7 Å². The Morgan fingerprint density at radius 2 is 2.14 bits per heavy atom. The third-order valence-electron chi connectivity index (χ3n) is 4.16. The molecule has 0 saturated carbocycles. The predicted molar refractivity (Wildman–Crippen MR) is 105 cm³/mol. The fraction of sp³-hybridized carbons (Fsp3) is 0.350. The molecular formula is C20H21NO6S. The van der Waals surface area contributed by atoms with Gasteiger partial charge >= 0.3 is 11.9 Å². The predicted octanol–water partition coefficient (Wildman–Crippen LogP) is 2.81. The first-order chi connectivity index (χ1) is 13.5. The summed E-state index contributed by atoms with van der Waals surface area (Å²) in [5.74, 6) is -0.783. The second-order valence-corrected chi connectivity index (χ2v) is 7.22. The molecule has 28 heavy (non-hydrogen) atoms. The van der Waals surface area contributed by atoms with Crippen molar-refractivity contribution in [3.05, 3.63) is 46.7 Å². The molecule has 1 fully saturated rings. The van der Waals surface area contributed by atoms with Gasteiger partial charge in [0.2, 0.25) is 5.91 Å². The van der Waals surface area contributed by atoms with E-state index in [4.69, 9.17) is 13.9 Å². The third-order valence-corrected chi connectivity index (χ3v) is 5.19. The van der Waals surface area contributed by atoms with Crippen LogP contribution in [0, 0.1) is 6.92 Å². The first-order valence-electron chi connectivity index (χ1n) is 8.92. The molecule has 1 saturated heterocycles. The number of ether oxygens (including phenoxy) is 2. The van der Waals surface area contributed by atoms with Crippen molar-refractivity contribution in [1.82, 2.24) is 4.90 Å². The van der Waals surface area contributed by atoms with Crippen molar-refractivity contribution < 1.29 is 28.3 Å². The van der Waals surface area contributed by atoms with Gasteiger partial charge in [-0.2, -0.15) is 0 Å². The molecule has 1 aromatic heterocycles. The number of carbonyl (C=O) groups excluding carboxylic acids is 3. The summed E-state index contributed by atoms with van der Waals surface area (Å²) in [6, 6.07) is 5.79. The maximum absolute atomic E-state index is 12.2. The molecule has 148 valence electrons. The molecule has 0 N–H and O–H groups in total. The van der Waals surface area contributed by atoms with Crippen LogP contribution in [-0.4, -0.2) is 48.3 Å². The average molecular weight is 403 g/mol. The second kappa shape index (κ2) is 8.97. The van der Waals surface area contributed by atoms with Gasteiger partial charge in [0, 0.05) is 10.9 Å². The summed E-state index contributed by atoms with van der Waals surface area (Å²) in [5, 5.41) is 1.39. The van der Waals surface area contributed by atoms with Crippen molar-refractivity contribution in [3.63, 3.8) is 0 Å². The van der Waals surface area contributed by atoms with Crippen molar-refractivity contribution in [2.45, 2.75) is 20.3 Å². The summed E-state index contributed by atoms with van der Waals surface area (Å²) in [6.45, 7) is 4.18. The molecule has 0 aliphatic carbocycles. The minimum Gasteiger partial charge on any atom is -0.464 e. The van der Waals surface area contributed by atoms with E-state index in [1.165, 1.54) is 22.7 Å². The van der Waals surface area contributed by atoms with Gasteiger partial charge in [0.15, 0.2) is 0 Å². The van der Waals surface area contributed by atoms with E-state index in [2.05, 4.69) is 0 Å². The largest absolute Gasteiger partial charge is 0.464 e. The summed E-state index contributed by atoms with van der Waals surface area (Å²) in [6.07, 6.45) is 2.94. The van der Waals surface area contributed by atoms with E-state index in [0.717, 1.165) is 22.1 Å². The topological polar surface area (TPSA) is 86.0 Å². The van der Waals surface area contributed by atoms with Crippen LogP contribution in [0.2, 0.25) is 0 Å². The Bertz CT molecular complexity index is 932. The molecule has 0 bridgehead atoms. The monoisotopic (exact) mass is 403 g/mol. The van der Waals surface area contributed by atoms with Crippen LogP contribution in [0.15, 0.2) is 40.0 Å². The molecule has 8 heteroatoms. The quantitative estimate of drug-likeness (QED) is 0.519. The second-order valence-electron chi connectivity index (χ2n) is 6.23. The molecule has 0 radical (unpaired) electrons. The number of benzene rings is 1. The Balaban J connectivity index is 1.54. The number of furan rings is 1. The average Bonchev–Trinajstić information content (AvgIpc) is 3.19. The van der Waals surface area contributed by atoms with Crippen molar-refractivity contribution in [2.75, 3.05) is 25.5 Å². The maximum atomic E-state index is 12.2. The molecular weight excluding hydrogens is 382 g/mol. The normalized spacial score (nSPS) is 15.4. The molecule has 1 amide bonds. The molecule has 2 heterocycles. The molecule has 1 aliphatic heterocycles. The van der Waals surface area contributed by atoms with Gasteiger partial charge in [0.1, 0.15) is 12.2 Å². The smallest absolute Gasteiger partial charge is 0.333 e. The standard InChI is InChI=1S/C20H21NO6S/c1-3-25-20(24)10-18-21(17(22)12-28-18)6-7-26-19(23)9-14-11-27-16-8-13(2)4-5-15(14)16/h4-5,8,10-11H,3,6-7,9,12H2,1-2H3/b18-10-. The van der Waals surface area contributed by atoms with Crippen molar-refractivity contribution in [1.29, 1.82) is 0 Å². The summed E-state index contributed by atoms with van der Waals surface area (Å²) in [4.78, 5) is 37.2. The van der Waals surface area contributed by atoms with E-state index in [9.17, 15) is 14.4 Å². The first kappa shape index (κ1) is 20.0. The fourth-order valence-electron chi connectivity index (χ4n) is 2.84. The fourth-order valence-corrected chi connectivity index (χ4v) is 3.79. The zero-order valence-corrected chi connectivity index (χ0v) is 16.5. The van der Waals surface area contributed by atoms with E-state index in [-0.39, 0.29) is 37.8 Å². The third kappa shape index (κ3) is 4.75. The van der Waals surface area contributed by atoms with Gasteiger partial charge in [0.25, 0.3) is 0 Å². The van der Waals surface area contributed by atoms with Crippen molar-refractivity contribution in [2.24, 2.45) is 0 Å². The van der Waals surface area contributed by atoms with E-state index >= 15 is 0 Å². The number of amides is 1. The Morgan fingerprint density at radius 1 is 1.32 bits per heavy atom. The van der Waals surface area contributed by atoms with Crippen LogP contribution < -0.4 is 0 Å². The van der Waals surface area contributed by atoms with E-state index in [0.29, 0.717) is 5.03 Å². The lowest BCUT2D eigenvalue weighted by molar-refractivity contribution is -0.144. The highest BCUT2D eigenvalue weighted by atomic mass is 32.2. The minimum absolute atomic E-state index is 0.0419. The number of esters is 2. The Morgan fingerprint density at radius 3 is 2.93 bits per heavy atom. The van der Waals surface area contributed by atoms with Gasteiger partial charge in [-0.15, -0.1) is 0 Å². The Labute approximate surface area is 166 Å². The molecule has 3 rings (SSSR count). The van der Waals surface area contributed by atoms with Crippen LogP contribution in [0.5, 0.6) is 0 Å². The van der Waals surface area contributed by atoms with Crippen LogP contribution in [-0.2, 0) is 30.3 Å². The lowest BCUT2D eigenvalue weighted by Gasteiger charge is -2.16. The number of aryl methyl sites for hydroxylation is 1. The number of nitrogens with zero attached hydrogens (tertiary/aromatic N) is 1. The summed E-state index contributed by atoms with van der Waals surface area (Å²) in [7, 11) is 0. The summed E-state index contributed by atoms with van der Waals surface area (Å²) in [5.41, 5.74) is 2.57. The van der Waals surface area contributed by atoms with Crippen LogP contribution >= 0.6 is 11.8 Å². The number of fused-ring (bicyclic) bond motifs is 1. The van der Waals surface area contributed by atoms with Gasteiger partial charge in [-0.05, 0) is 25.5 Å². The van der Waals surface area contributed by atoms with Gasteiger partial charge in [-0.1, -0.05) is 23.9 Å². The van der Waals surface area contributed by atoms with Gasteiger partial charge in [-0.25, -0.2) is 4.79 Å². The molecule has 7 nitrogen and oxygen atoms in total. The summed E-state index contributed by atoms with van der Waals surface area (Å²) >= 11 is 1.26. The van der Waals surface area contributed by atoms with Crippen molar-refractivity contribution >= 4 is 40.6 Å². The Kier molecular flexibility index (Phi) is 6.41. The lowest BCUT2D eigenvalue weighted by Crippen LogP contribution is -2.29. The maximum Gasteiger partial charge on any atom is 0.333 e. The van der Waals surface area contributed by atoms with E-state index < -0.39 is 11.9 Å². The van der Waals surface area contributed by atoms with Gasteiger partial charge < -0.3 is 18.8 Å². The highest BCUT2D eigenvalue weighted by molar-refractivity contribution is 8.04. The van der Waals surface area contributed by atoms with Crippen LogP contribution in [0.25, 0.3) is 11.0 Å². The van der Waals surface area contributed by atoms with E-state index in [1.807, 2.05) is 25.1 Å². The minimum atomic E-state index is -0.497. The highest BCUT2D eigenvalue weighted by Gasteiger charge is 2.27. The molecule has 2 aromatic rings. The zero-order chi connectivity index (χ0) is 20.1. The number of rotatable bonds is 7. The molecule has 0 spiro atoms. The highest BCUT2D eigenvalue weighted by Crippen LogP contribution is 2.28. The molecule has 1 aromatic carbocycles. The van der Waals surface area contributed by atoms with Crippen molar-refractivity contribution in [3.8, 4) is 0 Å². The Hall–Kier alpha value is -2.74. The number of hydrogen-bond acceptors (Lipinski definition) is 7. The van der Waals surface area contributed by atoms with Gasteiger partial charge in [-0.3, -0.25) is 9.59 Å². The lowest BCUT2D eigenvalue weighted by atomic mass is 10.1.